The molecular formula is C42H44N4O6. The number of carbonyl (C=O) groups is 2. The van der Waals surface area contributed by atoms with Crippen molar-refractivity contribution >= 4 is 45.0 Å². The normalized spacial score (nSPS) is 11.4. The summed E-state index contributed by atoms with van der Waals surface area (Å²) in [5.41, 5.74) is 4.49. The van der Waals surface area contributed by atoms with Gasteiger partial charge in [0.1, 0.15) is 34.1 Å². The van der Waals surface area contributed by atoms with Gasteiger partial charge in [0, 0.05) is 46.7 Å². The SMILES string of the molecule is COc1c(C(=O)Nc2ccc(C(C)(C)C)c(O)c2)cnc2ccccc12.COc1c(C(=O)Nc2ccc(C(C)(C)C)c(O)c2)cnc2ccccc12. The molecule has 0 fully saturated rings. The number of benzene rings is 4. The summed E-state index contributed by atoms with van der Waals surface area (Å²) in [5.74, 6) is 0.566. The van der Waals surface area contributed by atoms with Crippen molar-refractivity contribution in [2.24, 2.45) is 0 Å². The summed E-state index contributed by atoms with van der Waals surface area (Å²) < 4.78 is 10.9. The zero-order valence-electron chi connectivity index (χ0n) is 30.7. The van der Waals surface area contributed by atoms with E-state index in [1.54, 1.807) is 24.3 Å². The first-order chi connectivity index (χ1) is 24.6. The molecule has 0 aliphatic heterocycles. The summed E-state index contributed by atoms with van der Waals surface area (Å²) in [6.07, 6.45) is 3.00. The Morgan fingerprint density at radius 2 is 0.942 bits per heavy atom. The number of aromatic nitrogens is 2. The number of phenolic OH excluding ortho intramolecular Hbond substituents is 2. The van der Waals surface area contributed by atoms with Crippen molar-refractivity contribution in [1.82, 2.24) is 9.97 Å². The number of ether oxygens (including phenoxy) is 2. The zero-order valence-corrected chi connectivity index (χ0v) is 30.7. The molecule has 0 aliphatic carbocycles. The fraction of sp³-hybridized carbons (Fsp3) is 0.238. The lowest BCUT2D eigenvalue weighted by Gasteiger charge is -2.21. The molecule has 4 N–H and O–H groups in total. The van der Waals surface area contributed by atoms with Crippen molar-refractivity contribution < 1.29 is 29.3 Å². The van der Waals surface area contributed by atoms with E-state index < -0.39 is 0 Å². The summed E-state index contributed by atoms with van der Waals surface area (Å²) in [4.78, 5) is 34.1. The van der Waals surface area contributed by atoms with Crippen molar-refractivity contribution in [1.29, 1.82) is 0 Å². The number of para-hydroxylation sites is 2. The molecule has 6 aromatic rings. The molecule has 0 aliphatic rings. The first-order valence-electron chi connectivity index (χ1n) is 16.8. The van der Waals surface area contributed by atoms with Crippen LogP contribution in [0.2, 0.25) is 0 Å². The van der Waals surface area contributed by atoms with Crippen LogP contribution in [-0.4, -0.2) is 46.2 Å². The summed E-state index contributed by atoms with van der Waals surface area (Å²) in [7, 11) is 3.06. The van der Waals surface area contributed by atoms with E-state index >= 15 is 0 Å². The van der Waals surface area contributed by atoms with E-state index in [-0.39, 0.29) is 34.1 Å². The van der Waals surface area contributed by atoms with Gasteiger partial charge in [0.05, 0.1) is 25.3 Å². The van der Waals surface area contributed by atoms with Crippen molar-refractivity contribution in [3.63, 3.8) is 0 Å². The Labute approximate surface area is 303 Å². The van der Waals surface area contributed by atoms with Crippen LogP contribution < -0.4 is 20.1 Å². The third-order valence-electron chi connectivity index (χ3n) is 8.48. The van der Waals surface area contributed by atoms with Gasteiger partial charge in [0.25, 0.3) is 11.8 Å². The second-order valence-electron chi connectivity index (χ2n) is 14.3. The number of rotatable bonds is 6. The number of methoxy groups -OCH3 is 2. The van der Waals surface area contributed by atoms with Crippen LogP contribution in [-0.2, 0) is 10.8 Å². The van der Waals surface area contributed by atoms with Gasteiger partial charge in [-0.25, -0.2) is 0 Å². The average Bonchev–Trinajstić information content (AvgIpc) is 3.09. The second-order valence-corrected chi connectivity index (χ2v) is 14.3. The molecule has 0 atom stereocenters. The Balaban J connectivity index is 0.000000201. The van der Waals surface area contributed by atoms with Gasteiger partial charge in [-0.15, -0.1) is 0 Å². The van der Waals surface area contributed by atoms with Crippen molar-refractivity contribution in [3.05, 3.63) is 120 Å². The van der Waals surface area contributed by atoms with E-state index in [4.69, 9.17) is 9.47 Å². The number of carbonyl (C=O) groups excluding carboxylic acids is 2. The summed E-state index contributed by atoms with van der Waals surface area (Å²) >= 11 is 0. The first kappa shape index (κ1) is 37.1. The van der Waals surface area contributed by atoms with E-state index in [1.165, 1.54) is 26.6 Å². The first-order valence-corrected chi connectivity index (χ1v) is 16.8. The minimum absolute atomic E-state index is 0.152. The molecule has 0 unspecified atom stereocenters. The monoisotopic (exact) mass is 700 g/mol. The molecule has 0 saturated heterocycles. The van der Waals surface area contributed by atoms with Gasteiger partial charge in [-0.1, -0.05) is 77.9 Å². The van der Waals surface area contributed by atoms with E-state index in [1.807, 2.05) is 102 Å². The molecule has 0 radical (unpaired) electrons. The number of pyridine rings is 2. The second kappa shape index (κ2) is 15.0. The molecule has 0 spiro atoms. The number of aromatic hydroxyl groups is 2. The van der Waals surface area contributed by atoms with Gasteiger partial charge in [-0.3, -0.25) is 19.6 Å². The van der Waals surface area contributed by atoms with Crippen LogP contribution in [0.5, 0.6) is 23.0 Å². The largest absolute Gasteiger partial charge is 0.508 e. The van der Waals surface area contributed by atoms with E-state index in [2.05, 4.69) is 20.6 Å². The Kier molecular flexibility index (Phi) is 10.7. The van der Waals surface area contributed by atoms with Crippen molar-refractivity contribution in [2.75, 3.05) is 24.9 Å². The number of fused-ring (bicyclic) bond motifs is 2. The molecule has 2 aromatic heterocycles. The topological polar surface area (TPSA) is 143 Å². The Hall–Kier alpha value is -6.16. The number of hydrogen-bond acceptors (Lipinski definition) is 8. The van der Waals surface area contributed by atoms with E-state index in [9.17, 15) is 19.8 Å². The summed E-state index contributed by atoms with van der Waals surface area (Å²) in [6.45, 7) is 12.1. The van der Waals surface area contributed by atoms with Crippen LogP contribution in [0.4, 0.5) is 11.4 Å². The third-order valence-corrected chi connectivity index (χ3v) is 8.48. The van der Waals surface area contributed by atoms with E-state index in [0.29, 0.717) is 34.0 Å². The maximum Gasteiger partial charge on any atom is 0.261 e. The van der Waals surface area contributed by atoms with Gasteiger partial charge >= 0.3 is 0 Å². The Morgan fingerprint density at radius 3 is 1.27 bits per heavy atom. The Bertz CT molecular complexity index is 2110. The van der Waals surface area contributed by atoms with Crippen LogP contribution in [0, 0.1) is 0 Å². The predicted octanol–water partition coefficient (Wildman–Crippen LogP) is 9.00. The number of nitrogens with zero attached hydrogens (tertiary/aromatic N) is 2. The molecule has 52 heavy (non-hydrogen) atoms. The van der Waals surface area contributed by atoms with Crippen LogP contribution in [0.3, 0.4) is 0 Å². The highest BCUT2D eigenvalue weighted by atomic mass is 16.5. The lowest BCUT2D eigenvalue weighted by molar-refractivity contribution is 0.101. The molecule has 2 amide bonds. The number of anilines is 2. The molecule has 6 rings (SSSR count). The number of amides is 2. The van der Waals surface area contributed by atoms with Gasteiger partial charge < -0.3 is 30.3 Å². The number of hydrogen-bond donors (Lipinski definition) is 4. The van der Waals surface area contributed by atoms with Crippen molar-refractivity contribution in [2.45, 2.75) is 52.4 Å². The maximum absolute atomic E-state index is 12.7. The molecular weight excluding hydrogens is 656 g/mol. The summed E-state index contributed by atoms with van der Waals surface area (Å²) in [5, 5.41) is 27.7. The third kappa shape index (κ3) is 8.07. The fourth-order valence-electron chi connectivity index (χ4n) is 5.88. The predicted molar refractivity (Wildman–Crippen MR) is 206 cm³/mol. The molecule has 0 bridgehead atoms. The molecule has 10 heteroatoms. The standard InChI is InChI=1S/2C21H22N2O3/c2*1-21(2,3)16-10-9-13(11-18(16)24)23-20(25)15-12-22-17-8-6-5-7-14(17)19(15)26-4/h2*5-12,24H,1-4H3,(H,23,25). The van der Waals surface area contributed by atoms with Crippen LogP contribution in [0.15, 0.2) is 97.3 Å². The highest BCUT2D eigenvalue weighted by molar-refractivity contribution is 6.10. The maximum atomic E-state index is 12.7. The van der Waals surface area contributed by atoms with Crippen LogP contribution in [0.25, 0.3) is 21.8 Å². The Morgan fingerprint density at radius 1 is 0.577 bits per heavy atom. The van der Waals surface area contributed by atoms with Gasteiger partial charge in [0.2, 0.25) is 0 Å². The smallest absolute Gasteiger partial charge is 0.261 e. The van der Waals surface area contributed by atoms with E-state index in [0.717, 1.165) is 32.9 Å². The molecule has 10 nitrogen and oxygen atoms in total. The van der Waals surface area contributed by atoms with Gasteiger partial charge in [0.15, 0.2) is 0 Å². The lowest BCUT2D eigenvalue weighted by Crippen LogP contribution is -2.15. The number of nitrogens with one attached hydrogen (secondary N) is 2. The average molecular weight is 701 g/mol. The minimum Gasteiger partial charge on any atom is -0.508 e. The minimum atomic E-state index is -0.344. The fourth-order valence-corrected chi connectivity index (χ4v) is 5.88. The summed E-state index contributed by atoms with van der Waals surface area (Å²) in [6, 6.07) is 25.3. The lowest BCUT2D eigenvalue weighted by atomic mass is 9.86. The zero-order chi connectivity index (χ0) is 37.8. The quantitative estimate of drug-likeness (QED) is 0.135. The van der Waals surface area contributed by atoms with Crippen LogP contribution in [0.1, 0.15) is 73.4 Å². The highest BCUT2D eigenvalue weighted by Gasteiger charge is 2.22. The molecule has 4 aromatic carbocycles. The van der Waals surface area contributed by atoms with Crippen LogP contribution >= 0.6 is 0 Å². The van der Waals surface area contributed by atoms with Gasteiger partial charge in [-0.2, -0.15) is 0 Å². The highest BCUT2D eigenvalue weighted by Crippen LogP contribution is 2.35. The molecule has 2 heterocycles. The molecule has 0 saturated carbocycles. The van der Waals surface area contributed by atoms with Crippen molar-refractivity contribution in [3.8, 4) is 23.0 Å². The van der Waals surface area contributed by atoms with Gasteiger partial charge in [-0.05, 0) is 58.4 Å². The number of phenols is 2. The molecule has 268 valence electrons.